The van der Waals surface area contributed by atoms with Crippen LogP contribution in [-0.2, 0) is 36.0 Å². The molecule has 282 valence electrons. The highest BCUT2D eigenvalue weighted by atomic mass is 35.5. The molecule has 2 aromatic heterocycles. The molecule has 0 fully saturated rings. The molecule has 0 radical (unpaired) electrons. The van der Waals surface area contributed by atoms with E-state index in [1.165, 1.54) is 31.0 Å². The molecule has 1 atom stereocenters. The first kappa shape index (κ1) is 38.1. The Balaban J connectivity index is 1.65. The maximum absolute atomic E-state index is 14.6. The largest absolute Gasteiger partial charge is 0.497 e. The second-order valence-corrected chi connectivity index (χ2v) is 14.9. The SMILES string of the molecule is COc1ccc(CN(c2nn(C)c3c(-n4c(C(Cc5cc(F)cc(F)c5)NC(=O)O)nc5cc(C(C)(F)F)ccc5c4=O)ccc(Cl)c23)S(C)(=O)=O)cc1. The van der Waals surface area contributed by atoms with E-state index in [2.05, 4.69) is 15.4 Å². The van der Waals surface area contributed by atoms with Gasteiger partial charge in [0, 0.05) is 32.0 Å². The Labute approximate surface area is 310 Å². The number of ether oxygens (including phenoxy) is 1. The summed E-state index contributed by atoms with van der Waals surface area (Å²) in [5.74, 6) is -5.15. The van der Waals surface area contributed by atoms with Gasteiger partial charge < -0.3 is 15.2 Å². The van der Waals surface area contributed by atoms with E-state index in [1.807, 2.05) is 0 Å². The number of methoxy groups -OCH3 is 1. The molecule has 0 bridgehead atoms. The number of sulfonamides is 1. The summed E-state index contributed by atoms with van der Waals surface area (Å²) in [7, 11) is -1.09. The molecule has 54 heavy (non-hydrogen) atoms. The number of alkyl halides is 2. The van der Waals surface area contributed by atoms with Crippen LogP contribution in [0.3, 0.4) is 0 Å². The lowest BCUT2D eigenvalue weighted by molar-refractivity contribution is 0.0176. The third kappa shape index (κ3) is 7.54. The maximum Gasteiger partial charge on any atom is 0.405 e. The van der Waals surface area contributed by atoms with Gasteiger partial charge >= 0.3 is 6.09 Å². The summed E-state index contributed by atoms with van der Waals surface area (Å²) in [6.45, 7) is 0.472. The van der Waals surface area contributed by atoms with Gasteiger partial charge in [-0.05, 0) is 59.7 Å². The summed E-state index contributed by atoms with van der Waals surface area (Å²) in [4.78, 5) is 31.3. The number of rotatable bonds is 11. The highest BCUT2D eigenvalue weighted by Crippen LogP contribution is 2.38. The number of aryl methyl sites for hydroxylation is 1. The second-order valence-electron chi connectivity index (χ2n) is 12.6. The van der Waals surface area contributed by atoms with Crippen molar-refractivity contribution in [1.82, 2.24) is 24.6 Å². The van der Waals surface area contributed by atoms with Crippen molar-refractivity contribution < 1.29 is 40.6 Å². The van der Waals surface area contributed by atoms with E-state index in [0.29, 0.717) is 24.3 Å². The first-order chi connectivity index (χ1) is 25.3. The molecular formula is C36H31ClF4N6O6S. The summed E-state index contributed by atoms with van der Waals surface area (Å²) in [5, 5.41) is 16.6. The zero-order chi connectivity index (χ0) is 39.3. The number of carbonyl (C=O) groups is 1. The number of carboxylic acid groups (broad SMARTS) is 1. The van der Waals surface area contributed by atoms with Crippen molar-refractivity contribution in [2.75, 3.05) is 17.7 Å². The Morgan fingerprint density at radius 1 is 1.04 bits per heavy atom. The topological polar surface area (TPSA) is 149 Å². The highest BCUT2D eigenvalue weighted by Gasteiger charge is 2.31. The van der Waals surface area contributed by atoms with Gasteiger partial charge in [0.25, 0.3) is 11.5 Å². The monoisotopic (exact) mass is 786 g/mol. The van der Waals surface area contributed by atoms with E-state index in [4.69, 9.17) is 16.3 Å². The van der Waals surface area contributed by atoms with Gasteiger partial charge in [-0.1, -0.05) is 29.8 Å². The lowest BCUT2D eigenvalue weighted by Gasteiger charge is -2.23. The number of fused-ring (bicyclic) bond motifs is 2. The van der Waals surface area contributed by atoms with Crippen molar-refractivity contribution in [2.45, 2.75) is 31.9 Å². The summed E-state index contributed by atoms with van der Waals surface area (Å²) >= 11 is 6.75. The molecule has 0 aliphatic heterocycles. The standard InChI is InChI=1S/C36H31ClF4N6O6S/c1-36(40,41)21-7-10-25-27(16-21)42-32(28(43-35(49)50)15-20-13-22(38)17-23(39)14-20)47(34(25)48)29-12-11-26(37)30-31(29)45(2)44-33(30)46(54(4,51)52)18-19-5-8-24(53-3)9-6-19/h5-14,16-17,28,43H,15,18H2,1-4H3,(H,49,50). The van der Waals surface area contributed by atoms with Crippen molar-refractivity contribution in [3.8, 4) is 11.4 Å². The smallest absolute Gasteiger partial charge is 0.405 e. The van der Waals surface area contributed by atoms with E-state index < -0.39 is 57.3 Å². The quantitative estimate of drug-likeness (QED) is 0.136. The highest BCUT2D eigenvalue weighted by molar-refractivity contribution is 7.92. The van der Waals surface area contributed by atoms with Crippen LogP contribution < -0.4 is 19.9 Å². The van der Waals surface area contributed by atoms with Crippen molar-refractivity contribution in [1.29, 1.82) is 0 Å². The fourth-order valence-corrected chi connectivity index (χ4v) is 7.26. The molecule has 2 heterocycles. The Morgan fingerprint density at radius 2 is 1.70 bits per heavy atom. The summed E-state index contributed by atoms with van der Waals surface area (Å²) in [6.07, 6.45) is -1.06. The van der Waals surface area contributed by atoms with Gasteiger partial charge in [-0.2, -0.15) is 5.10 Å². The molecule has 6 aromatic rings. The van der Waals surface area contributed by atoms with Gasteiger partial charge in [0.2, 0.25) is 10.0 Å². The maximum atomic E-state index is 14.6. The fraction of sp³-hybridized carbons (Fsp3) is 0.222. The van der Waals surface area contributed by atoms with Gasteiger partial charge in [0.05, 0.1) is 58.5 Å². The minimum absolute atomic E-state index is 0.00421. The number of halogens is 5. The molecule has 0 saturated carbocycles. The third-order valence-electron chi connectivity index (χ3n) is 8.63. The van der Waals surface area contributed by atoms with Gasteiger partial charge in [-0.25, -0.2) is 40.1 Å². The van der Waals surface area contributed by atoms with Crippen LogP contribution in [0.5, 0.6) is 5.75 Å². The summed E-state index contributed by atoms with van der Waals surface area (Å²) in [5.41, 5.74) is -0.892. The van der Waals surface area contributed by atoms with E-state index in [-0.39, 0.29) is 56.3 Å². The van der Waals surface area contributed by atoms with Gasteiger partial charge in [0.1, 0.15) is 23.2 Å². The van der Waals surface area contributed by atoms with Crippen LogP contribution in [0.4, 0.5) is 28.2 Å². The molecule has 1 amide bonds. The van der Waals surface area contributed by atoms with Gasteiger partial charge in [0.15, 0.2) is 5.82 Å². The molecule has 6 rings (SSSR count). The van der Waals surface area contributed by atoms with E-state index in [9.17, 15) is 40.7 Å². The molecule has 4 aromatic carbocycles. The van der Waals surface area contributed by atoms with Crippen molar-refractivity contribution in [3.05, 3.63) is 122 Å². The van der Waals surface area contributed by atoms with Gasteiger partial charge in [-0.15, -0.1) is 0 Å². The minimum atomic E-state index is -4.05. The third-order valence-corrected chi connectivity index (χ3v) is 10.1. The lowest BCUT2D eigenvalue weighted by Crippen LogP contribution is -2.35. The summed E-state index contributed by atoms with van der Waals surface area (Å²) in [6, 6.07) is 13.7. The lowest BCUT2D eigenvalue weighted by atomic mass is 10.0. The van der Waals surface area contributed by atoms with E-state index in [0.717, 1.165) is 45.5 Å². The van der Waals surface area contributed by atoms with Crippen LogP contribution in [0.2, 0.25) is 5.02 Å². The van der Waals surface area contributed by atoms with Crippen LogP contribution in [0.15, 0.2) is 77.6 Å². The average Bonchev–Trinajstić information content (AvgIpc) is 3.43. The first-order valence-electron chi connectivity index (χ1n) is 16.0. The Hall–Kier alpha value is -5.68. The minimum Gasteiger partial charge on any atom is -0.497 e. The predicted molar refractivity (Wildman–Crippen MR) is 194 cm³/mol. The Bertz CT molecular complexity index is 2590. The molecule has 1 unspecified atom stereocenters. The zero-order valence-electron chi connectivity index (χ0n) is 28.9. The molecule has 0 saturated heterocycles. The van der Waals surface area contributed by atoms with Crippen LogP contribution in [0.1, 0.15) is 35.5 Å². The number of hydrogen-bond donors (Lipinski definition) is 2. The average molecular weight is 787 g/mol. The van der Waals surface area contributed by atoms with Crippen molar-refractivity contribution in [2.24, 2.45) is 7.05 Å². The molecule has 0 spiro atoms. The molecule has 0 aliphatic rings. The number of hydrogen-bond acceptors (Lipinski definition) is 7. The second kappa shape index (κ2) is 14.3. The molecule has 12 nitrogen and oxygen atoms in total. The summed E-state index contributed by atoms with van der Waals surface area (Å²) < 4.78 is 92.7. The van der Waals surface area contributed by atoms with Crippen molar-refractivity contribution in [3.63, 3.8) is 0 Å². The molecular weight excluding hydrogens is 756 g/mol. The normalized spacial score (nSPS) is 12.6. The number of amides is 1. The number of anilines is 1. The van der Waals surface area contributed by atoms with Crippen LogP contribution in [-0.4, -0.2) is 52.3 Å². The van der Waals surface area contributed by atoms with Gasteiger partial charge in [-0.3, -0.25) is 14.0 Å². The number of nitrogens with one attached hydrogen (secondary N) is 1. The molecule has 18 heteroatoms. The number of benzene rings is 4. The number of aromatic nitrogens is 4. The molecule has 0 aliphatic carbocycles. The zero-order valence-corrected chi connectivity index (χ0v) is 30.5. The predicted octanol–water partition coefficient (Wildman–Crippen LogP) is 6.84. The Kier molecular flexibility index (Phi) is 10.1. The van der Waals surface area contributed by atoms with Crippen molar-refractivity contribution >= 4 is 55.3 Å². The number of nitrogens with zero attached hydrogens (tertiary/aromatic N) is 5. The van der Waals surface area contributed by atoms with Crippen LogP contribution >= 0.6 is 11.6 Å². The molecule has 2 N–H and O–H groups in total. The fourth-order valence-electron chi connectivity index (χ4n) is 6.20. The Morgan fingerprint density at radius 3 is 2.30 bits per heavy atom. The van der Waals surface area contributed by atoms with E-state index in [1.54, 1.807) is 24.3 Å². The van der Waals surface area contributed by atoms with Crippen LogP contribution in [0, 0.1) is 11.6 Å². The first-order valence-corrected chi connectivity index (χ1v) is 18.2. The van der Waals surface area contributed by atoms with Crippen LogP contribution in [0.25, 0.3) is 27.5 Å². The van der Waals surface area contributed by atoms with E-state index >= 15 is 0 Å².